The molecule has 0 aliphatic heterocycles. The highest BCUT2D eigenvalue weighted by Gasteiger charge is 2.13. The van der Waals surface area contributed by atoms with Gasteiger partial charge in [0.2, 0.25) is 5.88 Å². The molecule has 29 heavy (non-hydrogen) atoms. The summed E-state index contributed by atoms with van der Waals surface area (Å²) < 4.78 is 6.74. The van der Waals surface area contributed by atoms with Gasteiger partial charge in [-0.25, -0.2) is 9.97 Å². The van der Waals surface area contributed by atoms with Gasteiger partial charge in [-0.05, 0) is 30.3 Å². The smallest absolute Gasteiger partial charge is 0.267 e. The van der Waals surface area contributed by atoms with Gasteiger partial charge in [0, 0.05) is 29.8 Å². The standard InChI is InChI=1S/C24H19N3O2/c1-3-21-26-20-11-7-8-18(14-12-17-13-15-22(29-2)25-16-17)23(20)24(28)27(21)19-9-5-4-6-10-19/h4-11,13,15-16H,3H2,1-2H3. The summed E-state index contributed by atoms with van der Waals surface area (Å²) in [4.78, 5) is 22.3. The molecule has 0 aliphatic carbocycles. The van der Waals surface area contributed by atoms with Crippen molar-refractivity contribution in [1.29, 1.82) is 0 Å². The molecule has 0 atom stereocenters. The van der Waals surface area contributed by atoms with Gasteiger partial charge in [-0.15, -0.1) is 0 Å². The van der Waals surface area contributed by atoms with E-state index in [2.05, 4.69) is 16.8 Å². The van der Waals surface area contributed by atoms with Gasteiger partial charge in [-0.2, -0.15) is 0 Å². The highest BCUT2D eigenvalue weighted by atomic mass is 16.5. The zero-order chi connectivity index (χ0) is 20.2. The SMILES string of the molecule is CCc1nc2cccc(C#Cc3ccc(OC)nc3)c2c(=O)n1-c1ccccc1. The van der Waals surface area contributed by atoms with Gasteiger partial charge in [-0.3, -0.25) is 9.36 Å². The predicted octanol–water partition coefficient (Wildman–Crippen LogP) is 3.75. The molecule has 4 rings (SSSR count). The van der Waals surface area contributed by atoms with Crippen LogP contribution in [0, 0.1) is 11.8 Å². The molecule has 2 heterocycles. The molecular weight excluding hydrogens is 362 g/mol. The zero-order valence-corrected chi connectivity index (χ0v) is 16.2. The molecule has 0 bridgehead atoms. The Kier molecular flexibility index (Phi) is 5.08. The van der Waals surface area contributed by atoms with E-state index in [-0.39, 0.29) is 5.56 Å². The Labute approximate surface area is 168 Å². The van der Waals surface area contributed by atoms with Crippen molar-refractivity contribution in [2.24, 2.45) is 0 Å². The number of fused-ring (bicyclic) bond motifs is 1. The van der Waals surface area contributed by atoms with Crippen LogP contribution in [0.15, 0.2) is 71.7 Å². The Bertz CT molecular complexity index is 1280. The lowest BCUT2D eigenvalue weighted by atomic mass is 10.1. The first-order valence-corrected chi connectivity index (χ1v) is 9.33. The van der Waals surface area contributed by atoms with Crippen LogP contribution in [0.2, 0.25) is 0 Å². The molecule has 0 saturated heterocycles. The average Bonchev–Trinajstić information content (AvgIpc) is 2.78. The van der Waals surface area contributed by atoms with Crippen LogP contribution < -0.4 is 10.3 Å². The molecule has 0 saturated carbocycles. The van der Waals surface area contributed by atoms with Gasteiger partial charge >= 0.3 is 0 Å². The number of pyridine rings is 1. The van der Waals surface area contributed by atoms with Gasteiger partial charge in [0.05, 0.1) is 23.7 Å². The second-order valence-electron chi connectivity index (χ2n) is 6.40. The van der Waals surface area contributed by atoms with Crippen LogP contribution in [0.5, 0.6) is 5.88 Å². The largest absolute Gasteiger partial charge is 0.481 e. The molecule has 0 radical (unpaired) electrons. The average molecular weight is 381 g/mol. The maximum atomic E-state index is 13.5. The summed E-state index contributed by atoms with van der Waals surface area (Å²) in [6.45, 7) is 1.99. The quantitative estimate of drug-likeness (QED) is 0.507. The maximum absolute atomic E-state index is 13.5. The molecule has 0 N–H and O–H groups in total. The van der Waals surface area contributed by atoms with E-state index in [1.165, 1.54) is 0 Å². The summed E-state index contributed by atoms with van der Waals surface area (Å²) in [5, 5.41) is 0.516. The Hall–Kier alpha value is -3.91. The van der Waals surface area contributed by atoms with E-state index in [0.717, 1.165) is 17.1 Å². The van der Waals surface area contributed by atoms with Gasteiger partial charge in [0.1, 0.15) is 5.82 Å². The number of rotatable bonds is 3. The first-order valence-electron chi connectivity index (χ1n) is 9.33. The second kappa shape index (κ2) is 7.99. The van der Waals surface area contributed by atoms with Gasteiger partial charge in [-0.1, -0.05) is 43.0 Å². The summed E-state index contributed by atoms with van der Waals surface area (Å²) in [7, 11) is 1.57. The van der Waals surface area contributed by atoms with Crippen molar-refractivity contribution in [2.75, 3.05) is 7.11 Å². The van der Waals surface area contributed by atoms with Gasteiger partial charge in [0.15, 0.2) is 0 Å². The van der Waals surface area contributed by atoms with E-state index in [1.807, 2.05) is 61.5 Å². The fourth-order valence-corrected chi connectivity index (χ4v) is 3.18. The molecule has 2 aromatic heterocycles. The molecule has 0 amide bonds. The number of hydrogen-bond acceptors (Lipinski definition) is 4. The van der Waals surface area contributed by atoms with E-state index in [9.17, 15) is 4.79 Å². The topological polar surface area (TPSA) is 57.0 Å². The predicted molar refractivity (Wildman–Crippen MR) is 113 cm³/mol. The van der Waals surface area contributed by atoms with Crippen LogP contribution in [0.4, 0.5) is 0 Å². The number of aromatic nitrogens is 3. The first kappa shape index (κ1) is 18.5. The molecular formula is C24H19N3O2. The van der Waals surface area contributed by atoms with Crippen molar-refractivity contribution in [2.45, 2.75) is 13.3 Å². The molecule has 2 aromatic carbocycles. The number of methoxy groups -OCH3 is 1. The Morgan fingerprint density at radius 3 is 2.52 bits per heavy atom. The highest BCUT2D eigenvalue weighted by Crippen LogP contribution is 2.17. The molecule has 0 spiro atoms. The third-order valence-electron chi connectivity index (χ3n) is 4.58. The van der Waals surface area contributed by atoms with Crippen LogP contribution in [0.1, 0.15) is 23.9 Å². The van der Waals surface area contributed by atoms with Crippen molar-refractivity contribution in [3.05, 3.63) is 94.2 Å². The number of aryl methyl sites for hydroxylation is 1. The monoisotopic (exact) mass is 381 g/mol. The third kappa shape index (κ3) is 3.61. The molecule has 0 aliphatic rings. The summed E-state index contributed by atoms with van der Waals surface area (Å²) in [5.74, 6) is 7.44. The highest BCUT2D eigenvalue weighted by molar-refractivity contribution is 5.84. The first-order chi connectivity index (χ1) is 14.2. The summed E-state index contributed by atoms with van der Waals surface area (Å²) in [6, 6.07) is 18.7. The maximum Gasteiger partial charge on any atom is 0.267 e. The Balaban J connectivity index is 1.90. The molecule has 5 nitrogen and oxygen atoms in total. The number of hydrogen-bond donors (Lipinski definition) is 0. The minimum Gasteiger partial charge on any atom is -0.481 e. The Morgan fingerprint density at radius 2 is 1.83 bits per heavy atom. The fraction of sp³-hybridized carbons (Fsp3) is 0.125. The molecule has 0 fully saturated rings. The molecule has 5 heteroatoms. The van der Waals surface area contributed by atoms with Crippen LogP contribution in [-0.4, -0.2) is 21.6 Å². The fourth-order valence-electron chi connectivity index (χ4n) is 3.18. The van der Waals surface area contributed by atoms with Crippen molar-refractivity contribution >= 4 is 10.9 Å². The number of ether oxygens (including phenoxy) is 1. The van der Waals surface area contributed by atoms with Crippen LogP contribution in [0.25, 0.3) is 16.6 Å². The molecule has 4 aromatic rings. The van der Waals surface area contributed by atoms with Crippen molar-refractivity contribution in [1.82, 2.24) is 14.5 Å². The van der Waals surface area contributed by atoms with Crippen LogP contribution >= 0.6 is 0 Å². The normalized spacial score (nSPS) is 10.4. The van der Waals surface area contributed by atoms with Crippen LogP contribution in [0.3, 0.4) is 0 Å². The number of nitrogens with zero attached hydrogens (tertiary/aromatic N) is 3. The van der Waals surface area contributed by atoms with E-state index >= 15 is 0 Å². The summed E-state index contributed by atoms with van der Waals surface area (Å²) in [6.07, 6.45) is 2.29. The van der Waals surface area contributed by atoms with E-state index in [1.54, 1.807) is 23.9 Å². The molecule has 142 valence electrons. The number of benzene rings is 2. The third-order valence-corrected chi connectivity index (χ3v) is 4.58. The Morgan fingerprint density at radius 1 is 1.00 bits per heavy atom. The van der Waals surface area contributed by atoms with Crippen molar-refractivity contribution in [3.63, 3.8) is 0 Å². The minimum absolute atomic E-state index is 0.115. The van der Waals surface area contributed by atoms with E-state index in [0.29, 0.717) is 28.8 Å². The van der Waals surface area contributed by atoms with E-state index in [4.69, 9.17) is 9.72 Å². The van der Waals surface area contributed by atoms with Crippen molar-refractivity contribution < 1.29 is 4.74 Å². The van der Waals surface area contributed by atoms with Gasteiger partial charge in [0.25, 0.3) is 5.56 Å². The lowest BCUT2D eigenvalue weighted by molar-refractivity contribution is 0.398. The van der Waals surface area contributed by atoms with E-state index < -0.39 is 0 Å². The summed E-state index contributed by atoms with van der Waals surface area (Å²) in [5.41, 5.74) is 2.72. The second-order valence-corrected chi connectivity index (χ2v) is 6.40. The molecule has 0 unspecified atom stereocenters. The lowest BCUT2D eigenvalue weighted by Crippen LogP contribution is -2.24. The minimum atomic E-state index is -0.115. The zero-order valence-electron chi connectivity index (χ0n) is 16.2. The van der Waals surface area contributed by atoms with Crippen LogP contribution in [-0.2, 0) is 6.42 Å². The summed E-state index contributed by atoms with van der Waals surface area (Å²) >= 11 is 0. The number of para-hydroxylation sites is 1. The van der Waals surface area contributed by atoms with Crippen molar-refractivity contribution in [3.8, 4) is 23.4 Å². The lowest BCUT2D eigenvalue weighted by Gasteiger charge is -2.13. The van der Waals surface area contributed by atoms with Gasteiger partial charge < -0.3 is 4.74 Å².